The van der Waals surface area contributed by atoms with Gasteiger partial charge >= 0.3 is 0 Å². The molecule has 0 aromatic heterocycles. The van der Waals surface area contributed by atoms with E-state index in [1.165, 1.54) is 10.4 Å². The maximum Gasteiger partial charge on any atom is 0.261 e. The molecule has 1 aliphatic rings. The Hall–Kier alpha value is -1.79. The lowest BCUT2D eigenvalue weighted by molar-refractivity contribution is -0.142. The van der Waals surface area contributed by atoms with Gasteiger partial charge in [0.05, 0.1) is 12.5 Å². The zero-order chi connectivity index (χ0) is 20.4. The zero-order valence-electron chi connectivity index (χ0n) is 17.3. The van der Waals surface area contributed by atoms with E-state index in [9.17, 15) is 4.79 Å². The van der Waals surface area contributed by atoms with Crippen LogP contribution in [-0.2, 0) is 18.7 Å². The maximum absolute atomic E-state index is 12.5. The van der Waals surface area contributed by atoms with Crippen LogP contribution in [0.1, 0.15) is 34.1 Å². The van der Waals surface area contributed by atoms with Crippen LogP contribution < -0.4 is 10.4 Å². The fraction of sp³-hybridized carbons (Fsp3) is 0.435. The minimum Gasteiger partial charge on any atom is -0.402 e. The van der Waals surface area contributed by atoms with Gasteiger partial charge < -0.3 is 13.9 Å². The lowest BCUT2D eigenvalue weighted by Gasteiger charge is -2.45. The van der Waals surface area contributed by atoms with Gasteiger partial charge in [-0.1, -0.05) is 81.4 Å². The van der Waals surface area contributed by atoms with Crippen molar-refractivity contribution < 1.29 is 18.7 Å². The predicted molar refractivity (Wildman–Crippen MR) is 113 cm³/mol. The van der Waals surface area contributed by atoms with Gasteiger partial charge in [0.15, 0.2) is 12.1 Å². The second kappa shape index (κ2) is 8.29. The number of Topliss-reactive ketones (excluding diaryl/α,β-unsaturated/α-hetero) is 1. The van der Waals surface area contributed by atoms with Gasteiger partial charge in [-0.05, 0) is 22.3 Å². The monoisotopic (exact) mass is 398 g/mol. The molecular weight excluding hydrogens is 368 g/mol. The van der Waals surface area contributed by atoms with Gasteiger partial charge in [-0.25, -0.2) is 0 Å². The van der Waals surface area contributed by atoms with Crippen molar-refractivity contribution in [2.75, 3.05) is 7.11 Å². The first-order valence-corrected chi connectivity index (χ1v) is 11.7. The van der Waals surface area contributed by atoms with Gasteiger partial charge in [0, 0.05) is 7.11 Å². The fourth-order valence-electron chi connectivity index (χ4n) is 4.11. The van der Waals surface area contributed by atoms with Gasteiger partial charge in [-0.3, -0.25) is 4.79 Å². The van der Waals surface area contributed by atoms with Gasteiger partial charge in [0.2, 0.25) is 0 Å². The third-order valence-corrected chi connectivity index (χ3v) is 10.6. The van der Waals surface area contributed by atoms with Gasteiger partial charge in [-0.2, -0.15) is 0 Å². The Balaban J connectivity index is 2.07. The minimum absolute atomic E-state index is 0.0392. The van der Waals surface area contributed by atoms with Gasteiger partial charge in [0.25, 0.3) is 8.32 Å². The molecule has 2 aromatic rings. The molecule has 0 unspecified atom stereocenters. The predicted octanol–water partition coefficient (Wildman–Crippen LogP) is 3.28. The molecule has 1 saturated heterocycles. The number of ether oxygens (including phenoxy) is 2. The number of carbonyl (C=O) groups excluding carboxylic acids is 1. The summed E-state index contributed by atoms with van der Waals surface area (Å²) >= 11 is 0. The van der Waals surface area contributed by atoms with Crippen molar-refractivity contribution >= 4 is 24.5 Å². The standard InChI is InChI=1S/C23H30O4Si/c1-17(22-20(24)16-21(25-5)26-22)27-28(23(2,3)4,18-12-8-6-9-13-18)19-14-10-7-11-15-19/h6-15,17,21-22H,16H2,1-5H3/t17-,21-,22-/m1/s1. The topological polar surface area (TPSA) is 44.8 Å². The molecule has 0 N–H and O–H groups in total. The van der Waals surface area contributed by atoms with Crippen LogP contribution in [0.25, 0.3) is 0 Å². The molecule has 150 valence electrons. The Morgan fingerprint density at radius 2 is 1.50 bits per heavy atom. The Morgan fingerprint density at radius 1 is 1.00 bits per heavy atom. The summed E-state index contributed by atoms with van der Waals surface area (Å²) in [5, 5.41) is 2.23. The molecule has 2 aromatic carbocycles. The molecular formula is C23H30O4Si. The van der Waals surface area contributed by atoms with Gasteiger partial charge in [-0.15, -0.1) is 0 Å². The van der Waals surface area contributed by atoms with Crippen LogP contribution in [0.3, 0.4) is 0 Å². The van der Waals surface area contributed by atoms with E-state index in [0.717, 1.165) is 0 Å². The lowest BCUT2D eigenvalue weighted by atomic mass is 10.1. The van der Waals surface area contributed by atoms with Crippen molar-refractivity contribution in [1.29, 1.82) is 0 Å². The number of methoxy groups -OCH3 is 1. The molecule has 3 atom stereocenters. The third-order valence-electron chi connectivity index (χ3n) is 5.45. The Bertz CT molecular complexity index is 746. The van der Waals surface area contributed by atoms with E-state index in [-0.39, 0.29) is 23.3 Å². The smallest absolute Gasteiger partial charge is 0.261 e. The zero-order valence-corrected chi connectivity index (χ0v) is 18.3. The second-order valence-corrected chi connectivity index (χ2v) is 12.6. The van der Waals surface area contributed by atoms with Crippen LogP contribution in [0.4, 0.5) is 0 Å². The molecule has 0 spiro atoms. The lowest BCUT2D eigenvalue weighted by Crippen LogP contribution is -2.68. The SMILES string of the molecule is CO[C@H]1CC(=O)[C@@H]([C@@H](C)O[Si](c2ccccc2)(c2ccccc2)C(C)(C)C)O1. The van der Waals surface area contributed by atoms with E-state index >= 15 is 0 Å². The highest BCUT2D eigenvalue weighted by molar-refractivity contribution is 6.99. The number of carbonyl (C=O) groups is 1. The quantitative estimate of drug-likeness (QED) is 0.701. The highest BCUT2D eigenvalue weighted by atomic mass is 28.4. The van der Waals surface area contributed by atoms with Crippen LogP contribution in [-0.4, -0.2) is 39.7 Å². The van der Waals surface area contributed by atoms with Crippen LogP contribution in [0, 0.1) is 0 Å². The van der Waals surface area contributed by atoms with E-state index in [4.69, 9.17) is 13.9 Å². The van der Waals surface area contributed by atoms with Crippen LogP contribution >= 0.6 is 0 Å². The summed E-state index contributed by atoms with van der Waals surface area (Å²) in [5.41, 5.74) is 0. The third kappa shape index (κ3) is 3.85. The molecule has 1 aliphatic heterocycles. The molecule has 4 nitrogen and oxygen atoms in total. The van der Waals surface area contributed by atoms with Crippen molar-refractivity contribution in [2.45, 2.75) is 57.7 Å². The molecule has 0 radical (unpaired) electrons. The Labute approximate surface area is 169 Å². The van der Waals surface area contributed by atoms with E-state index in [2.05, 4.69) is 69.3 Å². The Kier molecular flexibility index (Phi) is 6.20. The van der Waals surface area contributed by atoms with Crippen molar-refractivity contribution in [1.82, 2.24) is 0 Å². The molecule has 1 heterocycles. The van der Waals surface area contributed by atoms with E-state index in [1.807, 2.05) is 19.1 Å². The van der Waals surface area contributed by atoms with Crippen LogP contribution in [0.15, 0.2) is 60.7 Å². The average Bonchev–Trinajstić information content (AvgIpc) is 3.07. The maximum atomic E-state index is 12.5. The summed E-state index contributed by atoms with van der Waals surface area (Å²) in [7, 11) is -1.15. The van der Waals surface area contributed by atoms with E-state index < -0.39 is 20.7 Å². The number of rotatable bonds is 6. The molecule has 3 rings (SSSR count). The first-order chi connectivity index (χ1) is 13.3. The second-order valence-electron chi connectivity index (χ2n) is 8.38. The molecule has 0 aliphatic carbocycles. The summed E-state index contributed by atoms with van der Waals surface area (Å²) in [4.78, 5) is 12.5. The number of hydrogen-bond acceptors (Lipinski definition) is 4. The molecule has 0 saturated carbocycles. The van der Waals surface area contributed by atoms with E-state index in [1.54, 1.807) is 7.11 Å². The summed E-state index contributed by atoms with van der Waals surface area (Å²) in [5.74, 6) is 0.0392. The minimum atomic E-state index is -2.71. The van der Waals surface area contributed by atoms with Gasteiger partial charge in [0.1, 0.15) is 6.10 Å². The largest absolute Gasteiger partial charge is 0.402 e. The molecule has 5 heteroatoms. The molecule has 28 heavy (non-hydrogen) atoms. The Morgan fingerprint density at radius 3 is 1.89 bits per heavy atom. The number of benzene rings is 2. The first-order valence-electron chi connectivity index (χ1n) is 9.79. The van der Waals surface area contributed by atoms with Crippen molar-refractivity contribution in [3.05, 3.63) is 60.7 Å². The van der Waals surface area contributed by atoms with E-state index in [0.29, 0.717) is 0 Å². The van der Waals surface area contributed by atoms with Crippen LogP contribution in [0.5, 0.6) is 0 Å². The summed E-state index contributed by atoms with van der Waals surface area (Å²) in [6.45, 7) is 8.61. The van der Waals surface area contributed by atoms with Crippen LogP contribution in [0.2, 0.25) is 5.04 Å². The molecule has 0 amide bonds. The summed E-state index contributed by atoms with van der Waals surface area (Å²) in [6.07, 6.45) is -1.19. The highest BCUT2D eigenvalue weighted by Gasteiger charge is 2.52. The summed E-state index contributed by atoms with van der Waals surface area (Å²) < 4.78 is 18.0. The first kappa shape index (κ1) is 20.9. The normalized spacial score (nSPS) is 21.7. The van der Waals surface area contributed by atoms with Crippen molar-refractivity contribution in [3.63, 3.8) is 0 Å². The fourth-order valence-corrected chi connectivity index (χ4v) is 8.81. The highest BCUT2D eigenvalue weighted by Crippen LogP contribution is 2.38. The van der Waals surface area contributed by atoms with Crippen molar-refractivity contribution in [3.8, 4) is 0 Å². The van der Waals surface area contributed by atoms with Crippen molar-refractivity contribution in [2.24, 2.45) is 0 Å². The summed E-state index contributed by atoms with van der Waals surface area (Å²) in [6, 6.07) is 20.8. The average molecular weight is 399 g/mol. The molecule has 0 bridgehead atoms. The molecule has 1 fully saturated rings. The number of ketones is 1. The number of hydrogen-bond donors (Lipinski definition) is 0.